The van der Waals surface area contributed by atoms with Crippen LogP contribution in [0, 0.1) is 5.92 Å². The quantitative estimate of drug-likeness (QED) is 0.695. The van der Waals surface area contributed by atoms with Crippen LogP contribution in [0.25, 0.3) is 0 Å². The zero-order valence-corrected chi connectivity index (χ0v) is 8.76. The maximum Gasteiger partial charge on any atom is 0.0127 e. The maximum atomic E-state index is 3.47. The van der Waals surface area contributed by atoms with E-state index >= 15 is 0 Å². The van der Waals surface area contributed by atoms with Gasteiger partial charge in [-0.1, -0.05) is 13.3 Å². The van der Waals surface area contributed by atoms with Crippen LogP contribution in [0.15, 0.2) is 0 Å². The first-order valence-corrected chi connectivity index (χ1v) is 5.86. The molecule has 1 saturated carbocycles. The van der Waals surface area contributed by atoms with E-state index in [-0.39, 0.29) is 0 Å². The van der Waals surface area contributed by atoms with E-state index in [1.807, 2.05) is 0 Å². The first kappa shape index (κ1) is 9.47. The minimum Gasteiger partial charge on any atom is -0.317 e. The number of nitrogens with zero attached hydrogens (tertiary/aromatic N) is 1. The molecule has 1 N–H and O–H groups in total. The molecule has 0 bridgehead atoms. The molecule has 76 valence electrons. The van der Waals surface area contributed by atoms with Gasteiger partial charge in [0, 0.05) is 6.04 Å². The summed E-state index contributed by atoms with van der Waals surface area (Å²) in [5.41, 5.74) is 0. The lowest BCUT2D eigenvalue weighted by atomic mass is 10.2. The summed E-state index contributed by atoms with van der Waals surface area (Å²) in [6.45, 7) is 7.43. The third kappa shape index (κ3) is 2.44. The van der Waals surface area contributed by atoms with Crippen LogP contribution in [0.5, 0.6) is 0 Å². The molecule has 0 aromatic rings. The number of hydrogen-bond donors (Lipinski definition) is 1. The summed E-state index contributed by atoms with van der Waals surface area (Å²) >= 11 is 0. The summed E-state index contributed by atoms with van der Waals surface area (Å²) in [6.07, 6.45) is 5.54. The fourth-order valence-electron chi connectivity index (χ4n) is 2.50. The van der Waals surface area contributed by atoms with E-state index in [1.54, 1.807) is 0 Å². The Bertz CT molecular complexity index is 150. The molecular formula is C11H22N2. The van der Waals surface area contributed by atoms with E-state index in [2.05, 4.69) is 17.1 Å². The first-order chi connectivity index (χ1) is 6.42. The van der Waals surface area contributed by atoms with Gasteiger partial charge in [0.25, 0.3) is 0 Å². The molecule has 0 aromatic carbocycles. The highest BCUT2D eigenvalue weighted by Gasteiger charge is 2.39. The minimum atomic E-state index is 0.961. The van der Waals surface area contributed by atoms with Crippen molar-refractivity contribution in [2.24, 2.45) is 5.92 Å². The largest absolute Gasteiger partial charge is 0.317 e. The van der Waals surface area contributed by atoms with Crippen molar-refractivity contribution in [3.63, 3.8) is 0 Å². The van der Waals surface area contributed by atoms with Crippen LogP contribution in [0.1, 0.15) is 32.6 Å². The second-order valence-corrected chi connectivity index (χ2v) is 4.46. The third-order valence-electron chi connectivity index (χ3n) is 3.48. The molecule has 2 aliphatic rings. The molecule has 0 amide bonds. The van der Waals surface area contributed by atoms with Gasteiger partial charge in [0.15, 0.2) is 0 Å². The fraction of sp³-hybridized carbons (Fsp3) is 1.00. The molecule has 2 rings (SSSR count). The lowest BCUT2D eigenvalue weighted by Crippen LogP contribution is -2.36. The molecule has 1 heterocycles. The summed E-state index contributed by atoms with van der Waals surface area (Å²) in [6, 6.07) is 0.961. The van der Waals surface area contributed by atoms with Crippen LogP contribution in [0.3, 0.4) is 0 Å². The van der Waals surface area contributed by atoms with Crippen molar-refractivity contribution < 1.29 is 0 Å². The van der Waals surface area contributed by atoms with Gasteiger partial charge in [-0.05, 0) is 51.4 Å². The Hall–Kier alpha value is -0.0800. The van der Waals surface area contributed by atoms with Crippen molar-refractivity contribution in [1.29, 1.82) is 0 Å². The summed E-state index contributed by atoms with van der Waals surface area (Å²) < 4.78 is 0. The van der Waals surface area contributed by atoms with Crippen LogP contribution >= 0.6 is 0 Å². The van der Waals surface area contributed by atoms with E-state index in [0.29, 0.717) is 0 Å². The van der Waals surface area contributed by atoms with E-state index < -0.39 is 0 Å². The normalized spacial score (nSPS) is 36.7. The molecule has 1 saturated heterocycles. The summed E-state index contributed by atoms with van der Waals surface area (Å²) in [5.74, 6) is 1.03. The Morgan fingerprint density at radius 2 is 1.92 bits per heavy atom. The van der Waals surface area contributed by atoms with E-state index in [0.717, 1.165) is 12.0 Å². The molecule has 13 heavy (non-hydrogen) atoms. The smallest absolute Gasteiger partial charge is 0.0127 e. The van der Waals surface area contributed by atoms with Gasteiger partial charge in [0.2, 0.25) is 0 Å². The third-order valence-corrected chi connectivity index (χ3v) is 3.48. The Balaban J connectivity index is 1.76. The molecule has 0 aromatic heterocycles. The van der Waals surface area contributed by atoms with Crippen molar-refractivity contribution in [3.05, 3.63) is 0 Å². The monoisotopic (exact) mass is 182 g/mol. The van der Waals surface area contributed by atoms with Crippen LogP contribution in [-0.2, 0) is 0 Å². The van der Waals surface area contributed by atoms with Crippen molar-refractivity contribution in [2.45, 2.75) is 38.6 Å². The summed E-state index contributed by atoms with van der Waals surface area (Å²) in [5, 5.41) is 3.47. The molecule has 0 radical (unpaired) electrons. The highest BCUT2D eigenvalue weighted by atomic mass is 15.2. The van der Waals surface area contributed by atoms with Crippen molar-refractivity contribution in [3.8, 4) is 0 Å². The second-order valence-electron chi connectivity index (χ2n) is 4.46. The average molecular weight is 182 g/mol. The zero-order valence-electron chi connectivity index (χ0n) is 8.76. The Kier molecular flexibility index (Phi) is 3.23. The topological polar surface area (TPSA) is 15.3 Å². The summed E-state index contributed by atoms with van der Waals surface area (Å²) in [7, 11) is 0. The lowest BCUT2D eigenvalue weighted by Gasteiger charge is -2.25. The van der Waals surface area contributed by atoms with Crippen LogP contribution in [0.4, 0.5) is 0 Å². The lowest BCUT2D eigenvalue weighted by molar-refractivity contribution is 0.232. The number of rotatable bonds is 2. The van der Waals surface area contributed by atoms with Crippen LogP contribution < -0.4 is 5.32 Å². The molecule has 2 nitrogen and oxygen atoms in total. The molecule has 1 aliphatic carbocycles. The van der Waals surface area contributed by atoms with Gasteiger partial charge < -0.3 is 10.2 Å². The van der Waals surface area contributed by atoms with Gasteiger partial charge in [0.05, 0.1) is 0 Å². The van der Waals surface area contributed by atoms with Crippen LogP contribution in [-0.4, -0.2) is 37.1 Å². The van der Waals surface area contributed by atoms with E-state index in [4.69, 9.17) is 0 Å². The second kappa shape index (κ2) is 4.43. The molecule has 2 unspecified atom stereocenters. The highest BCUT2D eigenvalue weighted by Crippen LogP contribution is 2.38. The van der Waals surface area contributed by atoms with Gasteiger partial charge >= 0.3 is 0 Å². The zero-order chi connectivity index (χ0) is 9.10. The Morgan fingerprint density at radius 3 is 2.46 bits per heavy atom. The number of hydrogen-bond acceptors (Lipinski definition) is 2. The molecule has 1 aliphatic heterocycles. The van der Waals surface area contributed by atoms with Gasteiger partial charge in [-0.2, -0.15) is 0 Å². The molecule has 2 fully saturated rings. The first-order valence-electron chi connectivity index (χ1n) is 5.86. The van der Waals surface area contributed by atoms with Crippen molar-refractivity contribution in [1.82, 2.24) is 10.2 Å². The number of nitrogens with one attached hydrogen (secondary N) is 1. The Morgan fingerprint density at radius 1 is 1.23 bits per heavy atom. The van der Waals surface area contributed by atoms with Gasteiger partial charge in [0.1, 0.15) is 0 Å². The van der Waals surface area contributed by atoms with Crippen molar-refractivity contribution >= 4 is 0 Å². The highest BCUT2D eigenvalue weighted by molar-refractivity contribution is 4.94. The molecule has 2 heteroatoms. The van der Waals surface area contributed by atoms with E-state index in [1.165, 1.54) is 51.9 Å². The van der Waals surface area contributed by atoms with Gasteiger partial charge in [-0.15, -0.1) is 0 Å². The predicted molar refractivity (Wildman–Crippen MR) is 55.9 cm³/mol. The Labute approximate surface area is 81.7 Å². The fourth-order valence-corrected chi connectivity index (χ4v) is 2.50. The average Bonchev–Trinajstić information content (AvgIpc) is 2.82. The van der Waals surface area contributed by atoms with Crippen LogP contribution in [0.2, 0.25) is 0 Å². The molecule has 0 spiro atoms. The minimum absolute atomic E-state index is 0.961. The maximum absolute atomic E-state index is 3.47. The van der Waals surface area contributed by atoms with Gasteiger partial charge in [-0.25, -0.2) is 0 Å². The SMILES string of the molecule is CCC1CC1N1CCCNCCC1. The van der Waals surface area contributed by atoms with E-state index in [9.17, 15) is 0 Å². The van der Waals surface area contributed by atoms with Gasteiger partial charge in [-0.3, -0.25) is 0 Å². The summed E-state index contributed by atoms with van der Waals surface area (Å²) in [4.78, 5) is 2.73. The molecule has 2 atom stereocenters. The molecular weight excluding hydrogens is 160 g/mol. The predicted octanol–water partition coefficient (Wildman–Crippen LogP) is 1.47. The standard InChI is InChI=1S/C11H22N2/c1-2-10-9-11(10)13-7-3-5-12-6-4-8-13/h10-12H,2-9H2,1H3. The van der Waals surface area contributed by atoms with Crippen molar-refractivity contribution in [2.75, 3.05) is 26.2 Å².